The summed E-state index contributed by atoms with van der Waals surface area (Å²) in [5.41, 5.74) is 2.00. The normalized spacial score (nSPS) is 12.5. The second-order valence-corrected chi connectivity index (χ2v) is 5.51. The fourth-order valence-corrected chi connectivity index (χ4v) is 3.12. The predicted molar refractivity (Wildman–Crippen MR) is 80.1 cm³/mol. The Morgan fingerprint density at radius 3 is 2.63 bits per heavy atom. The number of ether oxygens (including phenoxy) is 1. The maximum absolute atomic E-state index is 6.14. The van der Waals surface area contributed by atoms with Crippen LogP contribution in [0.4, 0.5) is 0 Å². The molecule has 2 rings (SSSR count). The van der Waals surface area contributed by atoms with Gasteiger partial charge in [-0.15, -0.1) is 0 Å². The highest BCUT2D eigenvalue weighted by molar-refractivity contribution is 9.10. The van der Waals surface area contributed by atoms with Crippen molar-refractivity contribution >= 4 is 27.5 Å². The van der Waals surface area contributed by atoms with Crippen molar-refractivity contribution < 1.29 is 9.15 Å². The van der Waals surface area contributed by atoms with Crippen LogP contribution in [0.5, 0.6) is 5.75 Å². The lowest BCUT2D eigenvalue weighted by Gasteiger charge is -2.19. The van der Waals surface area contributed by atoms with E-state index in [1.807, 2.05) is 32.2 Å². The van der Waals surface area contributed by atoms with Gasteiger partial charge in [0.05, 0.1) is 23.9 Å². The molecule has 0 aliphatic rings. The molecule has 3 nitrogen and oxygen atoms in total. The molecule has 1 atom stereocenters. The van der Waals surface area contributed by atoms with E-state index in [0.29, 0.717) is 5.02 Å². The monoisotopic (exact) mass is 343 g/mol. The van der Waals surface area contributed by atoms with Crippen molar-refractivity contribution in [2.24, 2.45) is 0 Å². The average Bonchev–Trinajstić information content (AvgIpc) is 2.76. The third kappa shape index (κ3) is 2.96. The number of nitrogens with one attached hydrogen (secondary N) is 1. The van der Waals surface area contributed by atoms with E-state index in [4.69, 9.17) is 20.8 Å². The van der Waals surface area contributed by atoms with E-state index < -0.39 is 0 Å². The van der Waals surface area contributed by atoms with E-state index in [1.54, 1.807) is 13.4 Å². The minimum Gasteiger partial charge on any atom is -0.495 e. The largest absolute Gasteiger partial charge is 0.495 e. The molecule has 0 saturated carbocycles. The van der Waals surface area contributed by atoms with Crippen LogP contribution in [0.3, 0.4) is 0 Å². The van der Waals surface area contributed by atoms with Gasteiger partial charge in [0.1, 0.15) is 11.5 Å². The van der Waals surface area contributed by atoms with Crippen molar-refractivity contribution in [3.05, 3.63) is 50.8 Å². The van der Waals surface area contributed by atoms with Crippen LogP contribution in [-0.4, -0.2) is 14.2 Å². The highest BCUT2D eigenvalue weighted by Gasteiger charge is 2.20. The summed E-state index contributed by atoms with van der Waals surface area (Å²) in [4.78, 5) is 0. The van der Waals surface area contributed by atoms with E-state index in [-0.39, 0.29) is 6.04 Å². The standard InChI is InChI=1S/C14H15BrClNO2/c1-8-4-9(7-19-8)13(17-2)11-5-10(16)6-12(15)14(11)18-3/h4-7,13,17H,1-3H3. The highest BCUT2D eigenvalue weighted by atomic mass is 79.9. The van der Waals surface area contributed by atoms with Gasteiger partial charge in [-0.1, -0.05) is 11.6 Å². The van der Waals surface area contributed by atoms with Gasteiger partial charge in [-0.25, -0.2) is 0 Å². The number of benzene rings is 1. The molecular weight excluding hydrogens is 330 g/mol. The molecule has 0 saturated heterocycles. The third-order valence-electron chi connectivity index (χ3n) is 2.93. The Morgan fingerprint density at radius 2 is 2.11 bits per heavy atom. The fraction of sp³-hybridized carbons (Fsp3) is 0.286. The molecule has 0 aliphatic carbocycles. The molecule has 0 fully saturated rings. The van der Waals surface area contributed by atoms with Gasteiger partial charge in [-0.05, 0) is 48.1 Å². The summed E-state index contributed by atoms with van der Waals surface area (Å²) in [6, 6.07) is 5.67. The summed E-state index contributed by atoms with van der Waals surface area (Å²) in [5, 5.41) is 3.91. The summed E-state index contributed by atoms with van der Waals surface area (Å²) in [7, 11) is 3.53. The molecule has 0 radical (unpaired) electrons. The second kappa shape index (κ2) is 5.99. The molecule has 2 aromatic rings. The van der Waals surface area contributed by atoms with E-state index in [1.165, 1.54) is 0 Å². The lowest BCUT2D eigenvalue weighted by molar-refractivity contribution is 0.402. The molecule has 102 valence electrons. The number of hydrogen-bond donors (Lipinski definition) is 1. The van der Waals surface area contributed by atoms with Crippen LogP contribution in [-0.2, 0) is 0 Å². The first kappa shape index (κ1) is 14.4. The number of methoxy groups -OCH3 is 1. The molecule has 1 unspecified atom stereocenters. The summed E-state index contributed by atoms with van der Waals surface area (Å²) < 4.78 is 11.7. The summed E-state index contributed by atoms with van der Waals surface area (Å²) >= 11 is 9.61. The number of rotatable bonds is 4. The Hall–Kier alpha value is -0.970. The summed E-state index contributed by atoms with van der Waals surface area (Å²) in [5.74, 6) is 1.64. The van der Waals surface area contributed by atoms with E-state index in [0.717, 1.165) is 27.1 Å². The first-order valence-electron chi connectivity index (χ1n) is 5.82. The summed E-state index contributed by atoms with van der Waals surface area (Å²) in [6.07, 6.45) is 1.74. The molecule has 1 heterocycles. The molecule has 19 heavy (non-hydrogen) atoms. The van der Waals surface area contributed by atoms with Crippen LogP contribution in [0.1, 0.15) is 22.9 Å². The van der Waals surface area contributed by atoms with Gasteiger partial charge in [0.25, 0.3) is 0 Å². The second-order valence-electron chi connectivity index (χ2n) is 4.22. The fourth-order valence-electron chi connectivity index (χ4n) is 2.13. The number of halogens is 2. The van der Waals surface area contributed by atoms with Gasteiger partial charge in [0.15, 0.2) is 0 Å². The minimum absolute atomic E-state index is 0.0394. The van der Waals surface area contributed by atoms with Crippen LogP contribution in [0.2, 0.25) is 5.02 Å². The predicted octanol–water partition coefficient (Wildman–Crippen LogP) is 4.32. The zero-order chi connectivity index (χ0) is 14.0. The van der Waals surface area contributed by atoms with Crippen molar-refractivity contribution in [3.63, 3.8) is 0 Å². The lowest BCUT2D eigenvalue weighted by atomic mass is 10.00. The van der Waals surface area contributed by atoms with Gasteiger partial charge in [-0.3, -0.25) is 0 Å². The number of hydrogen-bond acceptors (Lipinski definition) is 3. The van der Waals surface area contributed by atoms with Crippen LogP contribution in [0, 0.1) is 6.92 Å². The molecule has 0 bridgehead atoms. The third-order valence-corrected chi connectivity index (χ3v) is 3.73. The Bertz CT molecular complexity index is 583. The Balaban J connectivity index is 2.54. The quantitative estimate of drug-likeness (QED) is 0.897. The number of aryl methyl sites for hydroxylation is 1. The lowest BCUT2D eigenvalue weighted by Crippen LogP contribution is -2.18. The van der Waals surface area contributed by atoms with Gasteiger partial charge >= 0.3 is 0 Å². The zero-order valence-corrected chi connectivity index (χ0v) is 13.3. The molecule has 0 amide bonds. The van der Waals surface area contributed by atoms with E-state index in [9.17, 15) is 0 Å². The van der Waals surface area contributed by atoms with Gasteiger partial charge in [0, 0.05) is 16.1 Å². The summed E-state index contributed by atoms with van der Waals surface area (Å²) in [6.45, 7) is 1.92. The highest BCUT2D eigenvalue weighted by Crippen LogP contribution is 2.38. The average molecular weight is 345 g/mol. The SMILES string of the molecule is CNC(c1coc(C)c1)c1cc(Cl)cc(Br)c1OC. The zero-order valence-electron chi connectivity index (χ0n) is 11.0. The number of furan rings is 1. The van der Waals surface area contributed by atoms with Gasteiger partial charge in [0.2, 0.25) is 0 Å². The molecule has 1 N–H and O–H groups in total. The molecule has 1 aromatic heterocycles. The first-order chi connectivity index (χ1) is 9.06. The Morgan fingerprint density at radius 1 is 1.37 bits per heavy atom. The molecular formula is C14H15BrClNO2. The van der Waals surface area contributed by atoms with Crippen molar-refractivity contribution in [2.75, 3.05) is 14.2 Å². The van der Waals surface area contributed by atoms with E-state index in [2.05, 4.69) is 21.2 Å². The van der Waals surface area contributed by atoms with Gasteiger partial charge in [-0.2, -0.15) is 0 Å². The maximum atomic E-state index is 6.14. The van der Waals surface area contributed by atoms with Gasteiger partial charge < -0.3 is 14.5 Å². The minimum atomic E-state index is -0.0394. The van der Waals surface area contributed by atoms with Crippen LogP contribution in [0.15, 0.2) is 33.4 Å². The van der Waals surface area contributed by atoms with Crippen molar-refractivity contribution in [1.29, 1.82) is 0 Å². The molecule has 0 aliphatic heterocycles. The van der Waals surface area contributed by atoms with Crippen LogP contribution >= 0.6 is 27.5 Å². The molecule has 5 heteroatoms. The smallest absolute Gasteiger partial charge is 0.138 e. The Labute approximate surface area is 126 Å². The van der Waals surface area contributed by atoms with Crippen molar-refractivity contribution in [1.82, 2.24) is 5.32 Å². The van der Waals surface area contributed by atoms with Crippen LogP contribution in [0.25, 0.3) is 0 Å². The van der Waals surface area contributed by atoms with Crippen molar-refractivity contribution in [2.45, 2.75) is 13.0 Å². The topological polar surface area (TPSA) is 34.4 Å². The first-order valence-corrected chi connectivity index (χ1v) is 6.99. The molecule has 1 aromatic carbocycles. The molecule has 0 spiro atoms. The van der Waals surface area contributed by atoms with E-state index >= 15 is 0 Å². The maximum Gasteiger partial charge on any atom is 0.138 e. The van der Waals surface area contributed by atoms with Crippen molar-refractivity contribution in [3.8, 4) is 5.75 Å². The Kier molecular flexibility index (Phi) is 4.55. The van der Waals surface area contributed by atoms with Crippen LogP contribution < -0.4 is 10.1 Å².